The zero-order valence-corrected chi connectivity index (χ0v) is 21.9. The van der Waals surface area contributed by atoms with Crippen LogP contribution in [0.25, 0.3) is 0 Å². The molecule has 2 unspecified atom stereocenters. The van der Waals surface area contributed by atoms with Gasteiger partial charge in [0.25, 0.3) is 0 Å². The lowest BCUT2D eigenvalue weighted by molar-refractivity contribution is -0.0284. The molecular formula is C24H42IN5O. The number of hydrogen-bond acceptors (Lipinski definition) is 4. The summed E-state index contributed by atoms with van der Waals surface area (Å²) in [4.78, 5) is 9.51. The Morgan fingerprint density at radius 2 is 1.87 bits per heavy atom. The number of ether oxygens (including phenoxy) is 1. The van der Waals surface area contributed by atoms with Crippen molar-refractivity contribution in [3.8, 4) is 0 Å². The van der Waals surface area contributed by atoms with E-state index in [1.807, 2.05) is 7.05 Å². The first-order valence-corrected chi connectivity index (χ1v) is 11.7. The number of morpholine rings is 1. The van der Waals surface area contributed by atoms with Crippen LogP contribution in [0.3, 0.4) is 0 Å². The molecule has 2 atom stereocenters. The molecule has 2 fully saturated rings. The molecule has 31 heavy (non-hydrogen) atoms. The van der Waals surface area contributed by atoms with Crippen LogP contribution in [0.4, 0.5) is 0 Å². The second-order valence-electron chi connectivity index (χ2n) is 9.17. The van der Waals surface area contributed by atoms with Crippen LogP contribution in [0.1, 0.15) is 25.8 Å². The minimum atomic E-state index is 0. The van der Waals surface area contributed by atoms with Crippen molar-refractivity contribution in [1.82, 2.24) is 20.4 Å². The third kappa shape index (κ3) is 9.63. The zero-order valence-electron chi connectivity index (χ0n) is 19.6. The number of nitrogens with one attached hydrogen (secondary N) is 2. The third-order valence-corrected chi connectivity index (χ3v) is 6.05. The first-order valence-electron chi connectivity index (χ1n) is 11.7. The van der Waals surface area contributed by atoms with Gasteiger partial charge in [-0.15, -0.1) is 24.0 Å². The van der Waals surface area contributed by atoms with E-state index >= 15 is 0 Å². The van der Waals surface area contributed by atoms with Gasteiger partial charge in [0.15, 0.2) is 5.96 Å². The smallest absolute Gasteiger partial charge is 0.191 e. The Bertz CT molecular complexity index is 642. The van der Waals surface area contributed by atoms with Gasteiger partial charge < -0.3 is 20.3 Å². The molecule has 2 N–H and O–H groups in total. The highest BCUT2D eigenvalue weighted by atomic mass is 127. The lowest BCUT2D eigenvalue weighted by Crippen LogP contribution is -2.50. The van der Waals surface area contributed by atoms with Crippen molar-refractivity contribution in [3.63, 3.8) is 0 Å². The van der Waals surface area contributed by atoms with E-state index in [9.17, 15) is 0 Å². The highest BCUT2D eigenvalue weighted by Crippen LogP contribution is 2.16. The van der Waals surface area contributed by atoms with Crippen LogP contribution in [-0.4, -0.2) is 87.9 Å². The fourth-order valence-corrected chi connectivity index (χ4v) is 4.47. The molecule has 2 heterocycles. The number of benzene rings is 1. The molecule has 0 saturated carbocycles. The Morgan fingerprint density at radius 1 is 1.10 bits per heavy atom. The monoisotopic (exact) mass is 543 g/mol. The molecule has 7 heteroatoms. The molecular weight excluding hydrogens is 501 g/mol. The Morgan fingerprint density at radius 3 is 2.61 bits per heavy atom. The molecule has 3 rings (SSSR count). The van der Waals surface area contributed by atoms with Crippen LogP contribution in [-0.2, 0) is 11.2 Å². The topological polar surface area (TPSA) is 52.1 Å². The van der Waals surface area contributed by atoms with E-state index in [0.29, 0.717) is 11.8 Å². The summed E-state index contributed by atoms with van der Waals surface area (Å²) >= 11 is 0. The number of rotatable bonds is 9. The quantitative estimate of drug-likeness (QED) is 0.285. The molecule has 2 aliphatic rings. The van der Waals surface area contributed by atoms with Gasteiger partial charge in [0.1, 0.15) is 0 Å². The average molecular weight is 544 g/mol. The predicted octanol–water partition coefficient (Wildman–Crippen LogP) is 2.69. The summed E-state index contributed by atoms with van der Waals surface area (Å²) in [6.45, 7) is 13.9. The van der Waals surface area contributed by atoms with Gasteiger partial charge >= 0.3 is 0 Å². The molecule has 1 aromatic rings. The molecule has 2 saturated heterocycles. The van der Waals surface area contributed by atoms with Gasteiger partial charge in [0.2, 0.25) is 0 Å². The van der Waals surface area contributed by atoms with E-state index in [-0.39, 0.29) is 30.1 Å². The van der Waals surface area contributed by atoms with Gasteiger partial charge in [-0.05, 0) is 36.8 Å². The van der Waals surface area contributed by atoms with Crippen molar-refractivity contribution in [3.05, 3.63) is 35.9 Å². The van der Waals surface area contributed by atoms with Crippen LogP contribution in [0.2, 0.25) is 0 Å². The second kappa shape index (κ2) is 14.3. The molecule has 2 aliphatic heterocycles. The van der Waals surface area contributed by atoms with Gasteiger partial charge in [-0.2, -0.15) is 0 Å². The molecule has 0 amide bonds. The van der Waals surface area contributed by atoms with Crippen molar-refractivity contribution in [2.75, 3.05) is 66.0 Å². The molecule has 0 aliphatic carbocycles. The van der Waals surface area contributed by atoms with Crippen LogP contribution >= 0.6 is 24.0 Å². The number of halogens is 1. The van der Waals surface area contributed by atoms with E-state index in [0.717, 1.165) is 58.3 Å². The third-order valence-electron chi connectivity index (χ3n) is 6.05. The van der Waals surface area contributed by atoms with Crippen molar-refractivity contribution < 1.29 is 4.74 Å². The summed E-state index contributed by atoms with van der Waals surface area (Å²) in [6.07, 6.45) is 2.63. The Hall–Kier alpha value is -0.900. The SMILES string of the molecule is CN=C(NCC1CCN(CCc2ccccc2)C1)NCC1CN(CC(C)C)CCO1.I. The zero-order chi connectivity index (χ0) is 21.2. The normalized spacial score (nSPS) is 23.0. The van der Waals surface area contributed by atoms with Gasteiger partial charge in [-0.1, -0.05) is 44.2 Å². The van der Waals surface area contributed by atoms with Crippen LogP contribution in [0.5, 0.6) is 0 Å². The standard InChI is InChI=1S/C24H41N5O.HI/c1-20(2)17-29-13-14-30-23(19-29)16-27-24(25-3)26-15-22-10-12-28(18-22)11-9-21-7-5-4-6-8-21;/h4-8,20,22-23H,9-19H2,1-3H3,(H2,25,26,27);1H. The first kappa shape index (κ1) is 26.4. The number of hydrogen-bond donors (Lipinski definition) is 2. The number of nitrogens with zero attached hydrogens (tertiary/aromatic N) is 3. The summed E-state index contributed by atoms with van der Waals surface area (Å²) in [5.41, 5.74) is 1.43. The molecule has 0 aromatic heterocycles. The van der Waals surface area contributed by atoms with E-state index in [2.05, 4.69) is 69.6 Å². The summed E-state index contributed by atoms with van der Waals surface area (Å²) in [6, 6.07) is 10.8. The fourth-order valence-electron chi connectivity index (χ4n) is 4.47. The number of likely N-dealkylation sites (tertiary alicyclic amines) is 1. The molecule has 0 radical (unpaired) electrons. The van der Waals surface area contributed by atoms with Crippen molar-refractivity contribution in [2.45, 2.75) is 32.8 Å². The van der Waals surface area contributed by atoms with Gasteiger partial charge in [0.05, 0.1) is 12.7 Å². The number of guanidine groups is 1. The molecule has 1 aromatic carbocycles. The maximum atomic E-state index is 5.95. The molecule has 6 nitrogen and oxygen atoms in total. The largest absolute Gasteiger partial charge is 0.374 e. The average Bonchev–Trinajstić information content (AvgIpc) is 3.21. The maximum absolute atomic E-state index is 5.95. The Balaban J connectivity index is 0.00000341. The second-order valence-corrected chi connectivity index (χ2v) is 9.17. The molecule has 0 bridgehead atoms. The Kier molecular flexibility index (Phi) is 12.1. The van der Waals surface area contributed by atoms with Crippen molar-refractivity contribution in [1.29, 1.82) is 0 Å². The fraction of sp³-hybridized carbons (Fsp3) is 0.708. The predicted molar refractivity (Wildman–Crippen MR) is 140 cm³/mol. The number of aliphatic imine (C=N–C) groups is 1. The van der Waals surface area contributed by atoms with E-state index < -0.39 is 0 Å². The van der Waals surface area contributed by atoms with Crippen LogP contribution in [0, 0.1) is 11.8 Å². The Labute approximate surface area is 206 Å². The summed E-state index contributed by atoms with van der Waals surface area (Å²) < 4.78 is 5.95. The highest BCUT2D eigenvalue weighted by molar-refractivity contribution is 14.0. The van der Waals surface area contributed by atoms with Gasteiger partial charge in [0, 0.05) is 52.9 Å². The molecule has 0 spiro atoms. The van der Waals surface area contributed by atoms with Crippen molar-refractivity contribution in [2.24, 2.45) is 16.8 Å². The summed E-state index contributed by atoms with van der Waals surface area (Å²) in [5.74, 6) is 2.28. The van der Waals surface area contributed by atoms with E-state index in [4.69, 9.17) is 4.74 Å². The van der Waals surface area contributed by atoms with Crippen LogP contribution in [0.15, 0.2) is 35.3 Å². The minimum absolute atomic E-state index is 0. The lowest BCUT2D eigenvalue weighted by atomic mass is 10.1. The van der Waals surface area contributed by atoms with Crippen LogP contribution < -0.4 is 10.6 Å². The van der Waals surface area contributed by atoms with Gasteiger partial charge in [-0.25, -0.2) is 0 Å². The van der Waals surface area contributed by atoms with Gasteiger partial charge in [-0.3, -0.25) is 9.89 Å². The van der Waals surface area contributed by atoms with E-state index in [1.54, 1.807) is 0 Å². The summed E-state index contributed by atoms with van der Waals surface area (Å²) in [5, 5.41) is 7.00. The highest BCUT2D eigenvalue weighted by Gasteiger charge is 2.23. The first-order chi connectivity index (χ1) is 14.6. The maximum Gasteiger partial charge on any atom is 0.191 e. The molecule has 176 valence electrons. The van der Waals surface area contributed by atoms with Crippen molar-refractivity contribution >= 4 is 29.9 Å². The van der Waals surface area contributed by atoms with E-state index in [1.165, 1.54) is 25.1 Å². The lowest BCUT2D eigenvalue weighted by Gasteiger charge is -2.34. The minimum Gasteiger partial charge on any atom is -0.374 e. The summed E-state index contributed by atoms with van der Waals surface area (Å²) in [7, 11) is 1.85.